The first kappa shape index (κ1) is 21.7. The summed E-state index contributed by atoms with van der Waals surface area (Å²) in [6, 6.07) is 3.15. The summed E-state index contributed by atoms with van der Waals surface area (Å²) >= 11 is 1.14. The Bertz CT molecular complexity index is 1170. The maximum Gasteiger partial charge on any atom is 0.277 e. The summed E-state index contributed by atoms with van der Waals surface area (Å²) in [6.07, 6.45) is 4.28. The minimum atomic E-state index is -1.06. The van der Waals surface area contributed by atoms with Crippen molar-refractivity contribution in [2.24, 2.45) is 12.8 Å². The number of pyridine rings is 1. The minimum absolute atomic E-state index is 0.0730. The number of halogens is 1. The summed E-state index contributed by atoms with van der Waals surface area (Å²) in [5, 5.41) is 16.9. The highest BCUT2D eigenvalue weighted by molar-refractivity contribution is 7.19. The second-order valence-electron chi connectivity index (χ2n) is 7.51. The number of nitrogens with zero attached hydrogens (tertiary/aromatic N) is 6. The lowest BCUT2D eigenvalue weighted by Gasteiger charge is -2.24. The molecule has 4 heterocycles. The maximum atomic E-state index is 14.0. The summed E-state index contributed by atoms with van der Waals surface area (Å²) in [5.74, 6) is 0.179. The van der Waals surface area contributed by atoms with Crippen LogP contribution in [-0.2, 0) is 7.05 Å². The summed E-state index contributed by atoms with van der Waals surface area (Å²) in [7, 11) is 1.76. The Morgan fingerprint density at radius 1 is 1.34 bits per heavy atom. The van der Waals surface area contributed by atoms with Gasteiger partial charge in [-0.3, -0.25) is 14.5 Å². The number of aryl methyl sites for hydroxylation is 1. The lowest BCUT2D eigenvalue weighted by Crippen LogP contribution is -2.31. The van der Waals surface area contributed by atoms with E-state index in [1.54, 1.807) is 24.0 Å². The van der Waals surface area contributed by atoms with Crippen molar-refractivity contribution >= 4 is 33.8 Å². The highest BCUT2D eigenvalue weighted by Crippen LogP contribution is 2.32. The van der Waals surface area contributed by atoms with Crippen LogP contribution >= 0.6 is 11.3 Å². The van der Waals surface area contributed by atoms with E-state index in [-0.39, 0.29) is 10.7 Å². The molecule has 1 amide bonds. The van der Waals surface area contributed by atoms with E-state index in [9.17, 15) is 9.18 Å². The number of carbonyl (C=O) groups is 1. The third-order valence-corrected chi connectivity index (χ3v) is 6.24. The number of anilines is 3. The molecule has 4 rings (SSSR count). The van der Waals surface area contributed by atoms with Crippen molar-refractivity contribution in [3.8, 4) is 16.6 Å². The number of thiazole rings is 1. The first-order chi connectivity index (χ1) is 15.4. The third-order valence-electron chi connectivity index (χ3n) is 5.31. The van der Waals surface area contributed by atoms with Gasteiger partial charge in [0, 0.05) is 44.1 Å². The van der Waals surface area contributed by atoms with Crippen molar-refractivity contribution in [1.29, 1.82) is 5.26 Å². The second kappa shape index (κ2) is 8.89. The Kier molecular flexibility index (Phi) is 6.02. The van der Waals surface area contributed by atoms with E-state index in [0.29, 0.717) is 53.6 Å². The van der Waals surface area contributed by atoms with Gasteiger partial charge in [-0.25, -0.2) is 9.37 Å². The number of alkyl halides is 1. The van der Waals surface area contributed by atoms with E-state index in [1.807, 2.05) is 11.0 Å². The molecular formula is C20H22FN9OS. The number of nitrogens with one attached hydrogen (secondary N) is 1. The molecule has 0 radical (unpaired) electrons. The molecule has 32 heavy (non-hydrogen) atoms. The third kappa shape index (κ3) is 4.25. The number of hydrogen-bond acceptors (Lipinski definition) is 9. The number of nitriles is 1. The molecule has 5 N–H and O–H groups in total. The second-order valence-corrected chi connectivity index (χ2v) is 8.54. The van der Waals surface area contributed by atoms with Gasteiger partial charge in [0.2, 0.25) is 0 Å². The molecule has 1 fully saturated rings. The van der Waals surface area contributed by atoms with Crippen LogP contribution in [0.2, 0.25) is 0 Å². The number of amides is 1. The normalized spacial score (nSPS) is 18.8. The average Bonchev–Trinajstić information content (AvgIpc) is 3.31. The van der Waals surface area contributed by atoms with Gasteiger partial charge in [-0.15, -0.1) is 0 Å². The van der Waals surface area contributed by atoms with Crippen molar-refractivity contribution in [3.63, 3.8) is 0 Å². The summed E-state index contributed by atoms with van der Waals surface area (Å²) in [6.45, 7) is 1.01. The monoisotopic (exact) mass is 455 g/mol. The molecule has 12 heteroatoms. The molecule has 0 bridgehead atoms. The molecule has 1 saturated heterocycles. The summed E-state index contributed by atoms with van der Waals surface area (Å²) in [4.78, 5) is 23.3. The van der Waals surface area contributed by atoms with Crippen molar-refractivity contribution in [3.05, 3.63) is 35.9 Å². The van der Waals surface area contributed by atoms with E-state index in [2.05, 4.69) is 20.4 Å². The van der Waals surface area contributed by atoms with Crippen LogP contribution in [0, 0.1) is 11.3 Å². The predicted molar refractivity (Wildman–Crippen MR) is 120 cm³/mol. The van der Waals surface area contributed by atoms with Gasteiger partial charge in [0.25, 0.3) is 5.91 Å². The summed E-state index contributed by atoms with van der Waals surface area (Å²) < 4.78 is 15.7. The van der Waals surface area contributed by atoms with Gasteiger partial charge in [0.1, 0.15) is 27.9 Å². The number of carbonyl (C=O) groups excluding carboxylic acids is 1. The highest BCUT2D eigenvalue weighted by Gasteiger charge is 2.27. The van der Waals surface area contributed by atoms with Crippen LogP contribution in [0.15, 0.2) is 24.7 Å². The van der Waals surface area contributed by atoms with E-state index in [4.69, 9.17) is 16.7 Å². The van der Waals surface area contributed by atoms with E-state index < -0.39 is 18.1 Å². The van der Waals surface area contributed by atoms with Crippen molar-refractivity contribution in [1.82, 2.24) is 19.7 Å². The lowest BCUT2D eigenvalue weighted by molar-refractivity contribution is 0.102. The fourth-order valence-corrected chi connectivity index (χ4v) is 4.42. The molecule has 0 aromatic carbocycles. The molecule has 0 spiro atoms. The van der Waals surface area contributed by atoms with Crippen LogP contribution in [0.25, 0.3) is 10.6 Å². The molecule has 3 aromatic heterocycles. The molecule has 2 atom stereocenters. The zero-order valence-corrected chi connectivity index (χ0v) is 18.1. The molecule has 166 valence electrons. The zero-order chi connectivity index (χ0) is 22.8. The van der Waals surface area contributed by atoms with Crippen LogP contribution < -0.4 is 21.7 Å². The van der Waals surface area contributed by atoms with Crippen LogP contribution in [0.3, 0.4) is 0 Å². The fourth-order valence-electron chi connectivity index (χ4n) is 3.61. The Morgan fingerprint density at radius 3 is 2.91 bits per heavy atom. The molecule has 10 nitrogen and oxygen atoms in total. The van der Waals surface area contributed by atoms with E-state index in [0.717, 1.165) is 11.3 Å². The van der Waals surface area contributed by atoms with Gasteiger partial charge in [0.05, 0.1) is 11.8 Å². The molecule has 3 aromatic rings. The van der Waals surface area contributed by atoms with Crippen molar-refractivity contribution < 1.29 is 9.18 Å². The number of rotatable bonds is 4. The first-order valence-corrected chi connectivity index (χ1v) is 10.8. The topological polar surface area (TPSA) is 152 Å². The van der Waals surface area contributed by atoms with Crippen molar-refractivity contribution in [2.45, 2.75) is 25.1 Å². The zero-order valence-electron chi connectivity index (χ0n) is 17.3. The van der Waals surface area contributed by atoms with Gasteiger partial charge in [-0.1, -0.05) is 11.3 Å². The largest absolute Gasteiger partial charge is 0.389 e. The smallest absolute Gasteiger partial charge is 0.277 e. The minimum Gasteiger partial charge on any atom is -0.389 e. The Balaban J connectivity index is 1.57. The number of nitrogen functional groups attached to an aromatic ring is 1. The van der Waals surface area contributed by atoms with Crippen LogP contribution in [-0.4, -0.2) is 51.0 Å². The molecule has 0 aliphatic carbocycles. The molecule has 1 aliphatic heterocycles. The van der Waals surface area contributed by atoms with Gasteiger partial charge in [-0.2, -0.15) is 10.4 Å². The summed E-state index contributed by atoms with van der Waals surface area (Å²) in [5.41, 5.74) is 13.5. The lowest BCUT2D eigenvalue weighted by atomic mass is 10.1. The average molecular weight is 456 g/mol. The molecule has 0 saturated carbocycles. The van der Waals surface area contributed by atoms with Gasteiger partial charge in [0.15, 0.2) is 11.5 Å². The fraction of sp³-hybridized carbons (Fsp3) is 0.350. The molecule has 0 unspecified atom stereocenters. The van der Waals surface area contributed by atoms with Gasteiger partial charge >= 0.3 is 0 Å². The number of hydrogen-bond donors (Lipinski definition) is 3. The maximum absolute atomic E-state index is 14.0. The molecule has 1 aliphatic rings. The van der Waals surface area contributed by atoms with Crippen LogP contribution in [0.1, 0.15) is 28.9 Å². The Hall–Kier alpha value is -3.56. The number of aromatic nitrogens is 4. The first-order valence-electron chi connectivity index (χ1n) is 9.97. The SMILES string of the molecule is Cn1ncc(NC(=O)c2nc(-c3cncc(C#N)c3)sc2N)c1N1CC[C@@H](N)[C@H](F)CC1. The quantitative estimate of drug-likeness (QED) is 0.539. The van der Waals surface area contributed by atoms with E-state index >= 15 is 0 Å². The highest BCUT2D eigenvalue weighted by atomic mass is 32.1. The Morgan fingerprint density at radius 2 is 2.12 bits per heavy atom. The van der Waals surface area contributed by atoms with Crippen LogP contribution in [0.4, 0.5) is 20.9 Å². The van der Waals surface area contributed by atoms with Crippen LogP contribution in [0.5, 0.6) is 0 Å². The molecular weight excluding hydrogens is 433 g/mol. The van der Waals surface area contributed by atoms with Gasteiger partial charge in [-0.05, 0) is 18.9 Å². The predicted octanol–water partition coefficient (Wildman–Crippen LogP) is 1.91. The standard InChI is InChI=1S/C20H22FN9OS/c1-29-20(30-4-2-13(21)14(23)3-5-30)15(10-26-29)27-18(31)16-17(24)32-19(28-16)12-6-11(7-22)8-25-9-12/h6,8-10,13-14H,2-5,23-24H2,1H3,(H,27,31)/t13-,14-/m1/s1. The van der Waals surface area contributed by atoms with Crippen molar-refractivity contribution in [2.75, 3.05) is 29.0 Å². The van der Waals surface area contributed by atoms with Gasteiger partial charge < -0.3 is 21.7 Å². The number of nitrogens with two attached hydrogens (primary N) is 2. The Labute approximate surface area is 187 Å². The van der Waals surface area contributed by atoms with E-state index in [1.165, 1.54) is 12.4 Å².